The van der Waals surface area contributed by atoms with Crippen molar-refractivity contribution in [2.45, 2.75) is 13.8 Å². The van der Waals surface area contributed by atoms with E-state index >= 15 is 0 Å². The number of nitrogens with one attached hydrogen (secondary N) is 1. The molecule has 24 heavy (non-hydrogen) atoms. The summed E-state index contributed by atoms with van der Waals surface area (Å²) >= 11 is 0. The van der Waals surface area contributed by atoms with Crippen LogP contribution in [-0.2, 0) is 4.79 Å². The van der Waals surface area contributed by atoms with Crippen molar-refractivity contribution >= 4 is 23.4 Å². The predicted molar refractivity (Wildman–Crippen MR) is 98.0 cm³/mol. The van der Waals surface area contributed by atoms with Crippen LogP contribution in [0.4, 0.5) is 11.4 Å². The van der Waals surface area contributed by atoms with Gasteiger partial charge in [-0.3, -0.25) is 4.79 Å². The zero-order valence-electron chi connectivity index (χ0n) is 14.1. The number of aryl methyl sites for hydroxylation is 1. The highest BCUT2D eigenvalue weighted by Crippen LogP contribution is 2.18. The fourth-order valence-corrected chi connectivity index (χ4v) is 2.18. The molecule has 0 aliphatic heterocycles. The van der Waals surface area contributed by atoms with Gasteiger partial charge in [-0.25, -0.2) is 0 Å². The van der Waals surface area contributed by atoms with Crippen LogP contribution < -0.4 is 5.32 Å². The monoisotopic (exact) mass is 323 g/mol. The summed E-state index contributed by atoms with van der Waals surface area (Å²) in [5.41, 5.74) is 3.47. The van der Waals surface area contributed by atoms with E-state index in [2.05, 4.69) is 10.5 Å². The molecule has 0 atom stereocenters. The van der Waals surface area contributed by atoms with Crippen LogP contribution in [-0.4, -0.2) is 24.4 Å². The number of benzene rings is 2. The largest absolute Gasteiger partial charge is 0.370 e. The molecule has 0 unspecified atom stereocenters. The number of carbonyl (C=O) groups is 1. The molecule has 0 spiro atoms. The quantitative estimate of drug-likeness (QED) is 0.636. The standard InChI is InChI=1S/C19H21N3O2/c1-4-22(3)18(13-15-6-5-7-17(12-15)21-24)19(23)20-16-10-8-14(2)9-11-16/h5-13H,4H2,1-3H3,(H,20,23)/b18-13-. The SMILES string of the molecule is CCN(C)/C(=C\c1cccc(N=O)c1)C(=O)Nc1ccc(C)cc1. The topological polar surface area (TPSA) is 61.8 Å². The van der Waals surface area contributed by atoms with Crippen LogP contribution in [0.15, 0.2) is 59.4 Å². The van der Waals surface area contributed by atoms with Gasteiger partial charge in [0.05, 0.1) is 0 Å². The molecule has 0 aliphatic rings. The normalized spacial score (nSPS) is 11.0. The second-order valence-corrected chi connectivity index (χ2v) is 5.55. The lowest BCUT2D eigenvalue weighted by atomic mass is 10.1. The summed E-state index contributed by atoms with van der Waals surface area (Å²) in [6.07, 6.45) is 1.75. The number of hydrogen-bond acceptors (Lipinski definition) is 4. The number of rotatable bonds is 6. The fourth-order valence-electron chi connectivity index (χ4n) is 2.18. The van der Waals surface area contributed by atoms with Gasteiger partial charge in [0.25, 0.3) is 5.91 Å². The summed E-state index contributed by atoms with van der Waals surface area (Å²) in [5, 5.41) is 5.83. The summed E-state index contributed by atoms with van der Waals surface area (Å²) in [7, 11) is 1.85. The molecule has 2 aromatic rings. The molecule has 1 N–H and O–H groups in total. The Balaban J connectivity index is 2.29. The van der Waals surface area contributed by atoms with Crippen LogP contribution in [0.2, 0.25) is 0 Å². The van der Waals surface area contributed by atoms with Crippen LogP contribution in [0, 0.1) is 11.8 Å². The average Bonchev–Trinajstić information content (AvgIpc) is 2.61. The van der Waals surface area contributed by atoms with Gasteiger partial charge in [-0.15, -0.1) is 4.91 Å². The van der Waals surface area contributed by atoms with Crippen LogP contribution in [0.5, 0.6) is 0 Å². The van der Waals surface area contributed by atoms with E-state index in [-0.39, 0.29) is 5.91 Å². The number of likely N-dealkylation sites (N-methyl/N-ethyl adjacent to an activating group) is 1. The van der Waals surface area contributed by atoms with E-state index < -0.39 is 0 Å². The van der Waals surface area contributed by atoms with Crippen molar-refractivity contribution in [3.63, 3.8) is 0 Å². The maximum absolute atomic E-state index is 12.7. The second kappa shape index (κ2) is 8.06. The lowest BCUT2D eigenvalue weighted by molar-refractivity contribution is -0.114. The highest BCUT2D eigenvalue weighted by molar-refractivity contribution is 6.06. The first kappa shape index (κ1) is 17.4. The van der Waals surface area contributed by atoms with Crippen molar-refractivity contribution in [1.82, 2.24) is 4.90 Å². The van der Waals surface area contributed by atoms with Gasteiger partial charge >= 0.3 is 0 Å². The van der Waals surface area contributed by atoms with Crippen molar-refractivity contribution in [3.05, 3.63) is 70.3 Å². The Morgan fingerprint density at radius 2 is 1.92 bits per heavy atom. The highest BCUT2D eigenvalue weighted by atomic mass is 16.3. The molecular weight excluding hydrogens is 302 g/mol. The summed E-state index contributed by atoms with van der Waals surface area (Å²) in [6, 6.07) is 14.5. The fraction of sp³-hybridized carbons (Fsp3) is 0.211. The maximum Gasteiger partial charge on any atom is 0.271 e. The summed E-state index contributed by atoms with van der Waals surface area (Å²) < 4.78 is 0. The van der Waals surface area contributed by atoms with E-state index in [9.17, 15) is 9.70 Å². The lowest BCUT2D eigenvalue weighted by Gasteiger charge is -2.20. The Morgan fingerprint density at radius 1 is 1.21 bits per heavy atom. The molecule has 0 radical (unpaired) electrons. The highest BCUT2D eigenvalue weighted by Gasteiger charge is 2.14. The Kier molecular flexibility index (Phi) is 5.84. The average molecular weight is 323 g/mol. The molecule has 2 rings (SSSR count). The van der Waals surface area contributed by atoms with Crippen molar-refractivity contribution in [2.75, 3.05) is 18.9 Å². The van der Waals surface area contributed by atoms with E-state index in [0.717, 1.165) is 16.8 Å². The number of amides is 1. The molecule has 2 aromatic carbocycles. The van der Waals surface area contributed by atoms with Gasteiger partial charge in [-0.05, 0) is 54.9 Å². The molecule has 0 saturated heterocycles. The molecule has 0 bridgehead atoms. The van der Waals surface area contributed by atoms with Gasteiger partial charge in [-0.2, -0.15) is 0 Å². The minimum absolute atomic E-state index is 0.201. The molecule has 5 nitrogen and oxygen atoms in total. The molecule has 124 valence electrons. The van der Waals surface area contributed by atoms with Crippen LogP contribution >= 0.6 is 0 Å². The molecule has 0 fully saturated rings. The predicted octanol–water partition coefficient (Wildman–Crippen LogP) is 4.32. The molecule has 0 heterocycles. The first-order valence-corrected chi connectivity index (χ1v) is 7.77. The Labute approximate surface area is 142 Å². The number of nitroso groups, excluding NO2 is 1. The van der Waals surface area contributed by atoms with Crippen molar-refractivity contribution in [2.24, 2.45) is 5.18 Å². The third-order valence-corrected chi connectivity index (χ3v) is 3.71. The molecule has 0 aromatic heterocycles. The van der Waals surface area contributed by atoms with Crippen molar-refractivity contribution < 1.29 is 4.79 Å². The summed E-state index contributed by atoms with van der Waals surface area (Å²) in [6.45, 7) is 4.64. The van der Waals surface area contributed by atoms with Gasteiger partial charge in [0, 0.05) is 19.3 Å². The van der Waals surface area contributed by atoms with Gasteiger partial charge < -0.3 is 10.2 Å². The minimum Gasteiger partial charge on any atom is -0.370 e. The smallest absolute Gasteiger partial charge is 0.271 e. The molecule has 0 saturated carbocycles. The van der Waals surface area contributed by atoms with E-state index in [1.54, 1.807) is 24.3 Å². The van der Waals surface area contributed by atoms with E-state index in [4.69, 9.17) is 0 Å². The van der Waals surface area contributed by atoms with Crippen LogP contribution in [0.1, 0.15) is 18.1 Å². The zero-order chi connectivity index (χ0) is 17.5. The van der Waals surface area contributed by atoms with Gasteiger partial charge in [0.15, 0.2) is 0 Å². The Morgan fingerprint density at radius 3 is 2.54 bits per heavy atom. The second-order valence-electron chi connectivity index (χ2n) is 5.55. The van der Waals surface area contributed by atoms with E-state index in [1.165, 1.54) is 0 Å². The lowest BCUT2D eigenvalue weighted by Crippen LogP contribution is -2.27. The zero-order valence-corrected chi connectivity index (χ0v) is 14.1. The van der Waals surface area contributed by atoms with Crippen molar-refractivity contribution in [3.8, 4) is 0 Å². The Bertz CT molecular complexity index is 751. The molecule has 1 amide bonds. The van der Waals surface area contributed by atoms with E-state index in [0.29, 0.717) is 17.9 Å². The van der Waals surface area contributed by atoms with E-state index in [1.807, 2.05) is 56.1 Å². The number of hydrogen-bond donors (Lipinski definition) is 1. The minimum atomic E-state index is -0.201. The molecule has 5 heteroatoms. The van der Waals surface area contributed by atoms with Gasteiger partial charge in [0.1, 0.15) is 11.4 Å². The Hall–Kier alpha value is -2.95. The first-order valence-electron chi connectivity index (χ1n) is 7.77. The maximum atomic E-state index is 12.7. The third kappa shape index (κ3) is 4.52. The third-order valence-electron chi connectivity index (χ3n) is 3.71. The molecular formula is C19H21N3O2. The summed E-state index contributed by atoms with van der Waals surface area (Å²) in [4.78, 5) is 25.2. The first-order chi connectivity index (χ1) is 11.5. The number of carbonyl (C=O) groups excluding carboxylic acids is 1. The van der Waals surface area contributed by atoms with Crippen molar-refractivity contribution in [1.29, 1.82) is 0 Å². The van der Waals surface area contributed by atoms with Crippen LogP contribution in [0.3, 0.4) is 0 Å². The number of anilines is 1. The number of nitrogens with zero attached hydrogens (tertiary/aromatic N) is 2. The van der Waals surface area contributed by atoms with Gasteiger partial charge in [-0.1, -0.05) is 29.8 Å². The molecule has 0 aliphatic carbocycles. The summed E-state index contributed by atoms with van der Waals surface area (Å²) in [5.74, 6) is -0.201. The van der Waals surface area contributed by atoms with Gasteiger partial charge in [0.2, 0.25) is 0 Å². The van der Waals surface area contributed by atoms with Crippen LogP contribution in [0.25, 0.3) is 6.08 Å².